The van der Waals surface area contributed by atoms with Gasteiger partial charge >= 0.3 is 0 Å². The molecule has 0 atom stereocenters. The number of benzene rings is 1. The highest BCUT2D eigenvalue weighted by Crippen LogP contribution is 2.31. The van der Waals surface area contributed by atoms with Gasteiger partial charge in [-0.05, 0) is 30.7 Å². The molecule has 0 bridgehead atoms. The van der Waals surface area contributed by atoms with E-state index < -0.39 is 10.0 Å². The van der Waals surface area contributed by atoms with Crippen LogP contribution in [-0.2, 0) is 23.7 Å². The van der Waals surface area contributed by atoms with E-state index in [0.717, 1.165) is 0 Å². The molecule has 8 heteroatoms. The second-order valence-corrected chi connectivity index (χ2v) is 6.81. The van der Waals surface area contributed by atoms with Gasteiger partial charge in [0.2, 0.25) is 10.0 Å². The van der Waals surface area contributed by atoms with Gasteiger partial charge in [0.25, 0.3) is 0 Å². The highest BCUT2D eigenvalue weighted by molar-refractivity contribution is 9.10. The summed E-state index contributed by atoms with van der Waals surface area (Å²) in [5, 5.41) is 9.39. The number of hydrogen-bond donors (Lipinski definition) is 1. The van der Waals surface area contributed by atoms with Crippen molar-refractivity contribution >= 4 is 26.0 Å². The summed E-state index contributed by atoms with van der Waals surface area (Å²) in [7, 11) is -2.06. The van der Waals surface area contributed by atoms with Crippen molar-refractivity contribution in [1.82, 2.24) is 9.78 Å². The Morgan fingerprint density at radius 2 is 2.15 bits per heavy atom. The van der Waals surface area contributed by atoms with Crippen molar-refractivity contribution < 1.29 is 13.2 Å². The molecule has 2 rings (SSSR count). The average molecular weight is 360 g/mol. The molecule has 1 heterocycles. The van der Waals surface area contributed by atoms with E-state index in [9.17, 15) is 8.42 Å². The van der Waals surface area contributed by atoms with Crippen molar-refractivity contribution in [2.75, 3.05) is 0 Å². The van der Waals surface area contributed by atoms with Gasteiger partial charge in [0.15, 0.2) is 0 Å². The lowest BCUT2D eigenvalue weighted by Gasteiger charge is -2.12. The monoisotopic (exact) mass is 359 g/mol. The molecular weight excluding hydrogens is 346 g/mol. The first-order chi connectivity index (χ1) is 9.27. The predicted octanol–water partition coefficient (Wildman–Crippen LogP) is 1.72. The Hall–Kier alpha value is -1.38. The van der Waals surface area contributed by atoms with Gasteiger partial charge in [0.1, 0.15) is 17.3 Å². The molecule has 108 valence electrons. The van der Waals surface area contributed by atoms with Gasteiger partial charge in [-0.15, -0.1) is 0 Å². The fraction of sp³-hybridized carbons (Fsp3) is 0.250. The number of aromatic nitrogens is 2. The van der Waals surface area contributed by atoms with Crippen LogP contribution in [-0.4, -0.2) is 18.2 Å². The minimum absolute atomic E-state index is 0.0414. The number of halogens is 1. The Bertz CT molecular complexity index is 740. The molecular formula is C12H14BrN3O3S. The minimum atomic E-state index is -3.86. The molecule has 0 aliphatic carbocycles. The molecule has 0 fully saturated rings. The number of aryl methyl sites for hydroxylation is 2. The summed E-state index contributed by atoms with van der Waals surface area (Å²) in [4.78, 5) is -0.0414. The van der Waals surface area contributed by atoms with Crippen molar-refractivity contribution in [3.05, 3.63) is 40.1 Å². The summed E-state index contributed by atoms with van der Waals surface area (Å²) < 4.78 is 31.1. The number of primary sulfonamides is 1. The van der Waals surface area contributed by atoms with Crippen molar-refractivity contribution in [2.45, 2.75) is 18.4 Å². The van der Waals surface area contributed by atoms with Crippen LogP contribution in [0.2, 0.25) is 0 Å². The van der Waals surface area contributed by atoms with Crippen LogP contribution in [0.15, 0.2) is 33.8 Å². The minimum Gasteiger partial charge on any atom is -0.486 e. The predicted molar refractivity (Wildman–Crippen MR) is 77.8 cm³/mol. The molecule has 6 nitrogen and oxygen atoms in total. The first kappa shape index (κ1) is 15.0. The van der Waals surface area contributed by atoms with Crippen LogP contribution in [0.4, 0.5) is 0 Å². The summed E-state index contributed by atoms with van der Waals surface area (Å²) >= 11 is 3.25. The lowest BCUT2D eigenvalue weighted by Crippen LogP contribution is -2.15. The van der Waals surface area contributed by atoms with Crippen LogP contribution in [0.3, 0.4) is 0 Å². The number of hydrogen-bond acceptors (Lipinski definition) is 4. The molecule has 0 aliphatic heterocycles. The van der Waals surface area contributed by atoms with E-state index >= 15 is 0 Å². The Kier molecular flexibility index (Phi) is 4.17. The second-order valence-electron chi connectivity index (χ2n) is 4.36. The molecule has 0 saturated heterocycles. The van der Waals surface area contributed by atoms with Crippen LogP contribution in [0, 0.1) is 6.92 Å². The molecule has 1 aromatic heterocycles. The molecule has 20 heavy (non-hydrogen) atoms. The molecule has 0 radical (unpaired) electrons. The van der Waals surface area contributed by atoms with Crippen molar-refractivity contribution in [2.24, 2.45) is 12.2 Å². The number of sulfonamides is 1. The third-order valence-corrected chi connectivity index (χ3v) is 4.02. The number of nitrogens with zero attached hydrogens (tertiary/aromatic N) is 2. The zero-order chi connectivity index (χ0) is 14.9. The third-order valence-electron chi connectivity index (χ3n) is 2.65. The van der Waals surface area contributed by atoms with E-state index in [-0.39, 0.29) is 17.3 Å². The summed E-state index contributed by atoms with van der Waals surface area (Å²) in [6, 6.07) is 4.99. The highest BCUT2D eigenvalue weighted by atomic mass is 79.9. The number of nitrogens with two attached hydrogens (primary N) is 1. The molecule has 2 aromatic rings. The zero-order valence-corrected chi connectivity index (χ0v) is 13.4. The molecule has 0 aliphatic rings. The fourth-order valence-corrected chi connectivity index (χ4v) is 3.28. The fourth-order valence-electron chi connectivity index (χ4n) is 1.78. The first-order valence-electron chi connectivity index (χ1n) is 5.71. The van der Waals surface area contributed by atoms with Gasteiger partial charge in [-0.1, -0.05) is 15.9 Å². The molecule has 0 saturated carbocycles. The van der Waals surface area contributed by atoms with E-state index in [1.807, 2.05) is 0 Å². The van der Waals surface area contributed by atoms with Crippen LogP contribution in [0.25, 0.3) is 0 Å². The van der Waals surface area contributed by atoms with E-state index in [2.05, 4.69) is 21.0 Å². The van der Waals surface area contributed by atoms with Crippen LogP contribution >= 0.6 is 15.9 Å². The molecule has 0 spiro atoms. The van der Waals surface area contributed by atoms with Crippen molar-refractivity contribution in [3.8, 4) is 5.75 Å². The third kappa shape index (κ3) is 3.38. The smallest absolute Gasteiger partial charge is 0.241 e. The maximum Gasteiger partial charge on any atom is 0.241 e. The lowest BCUT2D eigenvalue weighted by molar-refractivity contribution is 0.290. The number of ether oxygens (including phenoxy) is 1. The van der Waals surface area contributed by atoms with Crippen LogP contribution in [0.1, 0.15) is 11.3 Å². The Labute approximate surface area is 125 Å². The van der Waals surface area contributed by atoms with Crippen LogP contribution < -0.4 is 9.88 Å². The molecule has 2 N–H and O–H groups in total. The van der Waals surface area contributed by atoms with Crippen molar-refractivity contribution in [1.29, 1.82) is 0 Å². The van der Waals surface area contributed by atoms with Crippen molar-refractivity contribution in [3.63, 3.8) is 0 Å². The maximum absolute atomic E-state index is 11.6. The second kappa shape index (κ2) is 5.55. The SMILES string of the molecule is Cc1cc(Br)cc(S(N)(=O)=O)c1OCc1ccn(C)n1. The average Bonchev–Trinajstić information content (AvgIpc) is 2.72. The molecule has 0 amide bonds. The zero-order valence-electron chi connectivity index (χ0n) is 11.0. The van der Waals surface area contributed by atoms with Gasteiger partial charge in [-0.25, -0.2) is 13.6 Å². The summed E-state index contributed by atoms with van der Waals surface area (Å²) in [6.07, 6.45) is 1.79. The Balaban J connectivity index is 2.35. The Morgan fingerprint density at radius 3 is 2.70 bits per heavy atom. The summed E-state index contributed by atoms with van der Waals surface area (Å²) in [5.74, 6) is 0.251. The highest BCUT2D eigenvalue weighted by Gasteiger charge is 2.19. The quantitative estimate of drug-likeness (QED) is 0.899. The normalized spacial score (nSPS) is 11.6. The molecule has 0 unspecified atom stereocenters. The summed E-state index contributed by atoms with van der Waals surface area (Å²) in [6.45, 7) is 1.93. The van der Waals surface area contributed by atoms with E-state index in [1.165, 1.54) is 6.07 Å². The van der Waals surface area contributed by atoms with Gasteiger partial charge in [0.05, 0.1) is 5.69 Å². The van der Waals surface area contributed by atoms with Gasteiger partial charge in [-0.3, -0.25) is 4.68 Å². The first-order valence-corrected chi connectivity index (χ1v) is 8.05. The van der Waals surface area contributed by atoms with Crippen LogP contribution in [0.5, 0.6) is 5.75 Å². The van der Waals surface area contributed by atoms with Gasteiger partial charge in [-0.2, -0.15) is 5.10 Å². The van der Waals surface area contributed by atoms with E-state index in [0.29, 0.717) is 15.7 Å². The largest absolute Gasteiger partial charge is 0.486 e. The molecule has 1 aromatic carbocycles. The standard InChI is InChI=1S/C12H14BrN3O3S/c1-8-5-9(13)6-11(20(14,17)18)12(8)19-7-10-3-4-16(2)15-10/h3-6H,7H2,1-2H3,(H2,14,17,18). The lowest BCUT2D eigenvalue weighted by atomic mass is 10.2. The van der Waals surface area contributed by atoms with Gasteiger partial charge in [0, 0.05) is 17.7 Å². The van der Waals surface area contributed by atoms with Gasteiger partial charge < -0.3 is 4.74 Å². The number of rotatable bonds is 4. The topological polar surface area (TPSA) is 87.2 Å². The Morgan fingerprint density at radius 1 is 1.45 bits per heavy atom. The van der Waals surface area contributed by atoms with E-state index in [4.69, 9.17) is 9.88 Å². The van der Waals surface area contributed by atoms with E-state index in [1.54, 1.807) is 37.0 Å². The summed E-state index contributed by atoms with van der Waals surface area (Å²) in [5.41, 5.74) is 1.38. The maximum atomic E-state index is 11.6.